The van der Waals surface area contributed by atoms with Crippen molar-refractivity contribution >= 4 is 17.7 Å². The van der Waals surface area contributed by atoms with Crippen LogP contribution in [0.25, 0.3) is 16.5 Å². The summed E-state index contributed by atoms with van der Waals surface area (Å²) in [7, 11) is 0. The second-order valence-corrected chi connectivity index (χ2v) is 2.65. The van der Waals surface area contributed by atoms with Crippen LogP contribution in [0.4, 0.5) is 0 Å². The van der Waals surface area contributed by atoms with Crippen molar-refractivity contribution in [2.45, 2.75) is 0 Å². The molecule has 0 aromatic carbocycles. The molecule has 1 aromatic heterocycles. The molecule has 0 saturated heterocycles. The van der Waals surface area contributed by atoms with Crippen molar-refractivity contribution in [1.29, 1.82) is 0 Å². The van der Waals surface area contributed by atoms with Gasteiger partial charge in [-0.3, -0.25) is 4.98 Å². The van der Waals surface area contributed by atoms with Gasteiger partial charge in [0.25, 0.3) is 0 Å². The first-order valence-electron chi connectivity index (χ1n) is 3.62. The first-order valence-corrected chi connectivity index (χ1v) is 3.99. The molecule has 4 nitrogen and oxygen atoms in total. The Labute approximate surface area is 80.5 Å². The summed E-state index contributed by atoms with van der Waals surface area (Å²) in [6.07, 6.45) is 5.09. The summed E-state index contributed by atoms with van der Waals surface area (Å²) in [6.45, 7) is 0.324. The molecule has 0 fully saturated rings. The Hall–Kier alpha value is -1.51. The van der Waals surface area contributed by atoms with E-state index in [4.69, 9.17) is 17.1 Å². The van der Waals surface area contributed by atoms with E-state index in [0.717, 1.165) is 5.69 Å². The quantitative estimate of drug-likeness (QED) is 0.414. The average molecular weight is 195 g/mol. The van der Waals surface area contributed by atoms with Gasteiger partial charge in [-0.2, -0.15) is 0 Å². The molecular weight excluding hydrogens is 188 g/mol. The highest BCUT2D eigenvalue weighted by Gasteiger charge is 1.88. The second-order valence-electron chi connectivity index (χ2n) is 2.21. The maximum Gasteiger partial charge on any atom is 0.0641 e. The lowest BCUT2D eigenvalue weighted by Crippen LogP contribution is -1.78. The van der Waals surface area contributed by atoms with Gasteiger partial charge in [0.15, 0.2) is 0 Å². The predicted molar refractivity (Wildman–Crippen MR) is 52.3 cm³/mol. The third-order valence-corrected chi connectivity index (χ3v) is 1.52. The van der Waals surface area contributed by atoms with Gasteiger partial charge in [0.2, 0.25) is 0 Å². The monoisotopic (exact) mass is 194 g/mol. The largest absolute Gasteiger partial charge is 0.257 e. The smallest absolute Gasteiger partial charge is 0.0641 e. The Bertz CT molecular complexity index is 355. The number of pyridine rings is 1. The lowest BCUT2D eigenvalue weighted by atomic mass is 10.3. The third kappa shape index (κ3) is 3.60. The standard InChI is InChI=1S/C8H7ClN4/c9-7-3-5-11-8(6-7)2-1-4-12-13-10/h1-3,5-6H,4H2. The Kier molecular flexibility index (Phi) is 3.82. The zero-order chi connectivity index (χ0) is 9.52. The molecule has 0 saturated carbocycles. The number of nitrogens with zero attached hydrogens (tertiary/aromatic N) is 4. The van der Waals surface area contributed by atoms with E-state index >= 15 is 0 Å². The van der Waals surface area contributed by atoms with Crippen molar-refractivity contribution in [2.75, 3.05) is 6.54 Å². The van der Waals surface area contributed by atoms with Crippen molar-refractivity contribution in [1.82, 2.24) is 4.98 Å². The van der Waals surface area contributed by atoms with E-state index < -0.39 is 0 Å². The first-order chi connectivity index (χ1) is 6.33. The molecule has 0 bridgehead atoms. The van der Waals surface area contributed by atoms with Crippen LogP contribution >= 0.6 is 11.6 Å². The van der Waals surface area contributed by atoms with Gasteiger partial charge >= 0.3 is 0 Å². The fraction of sp³-hybridized carbons (Fsp3) is 0.125. The lowest BCUT2D eigenvalue weighted by molar-refractivity contribution is 1.21. The molecule has 0 amide bonds. The number of halogens is 1. The van der Waals surface area contributed by atoms with Crippen LogP contribution in [0.2, 0.25) is 5.02 Å². The normalized spacial score (nSPS) is 9.92. The number of hydrogen-bond acceptors (Lipinski definition) is 2. The molecule has 0 aliphatic carbocycles. The van der Waals surface area contributed by atoms with E-state index in [0.29, 0.717) is 11.6 Å². The van der Waals surface area contributed by atoms with Gasteiger partial charge in [0.1, 0.15) is 0 Å². The van der Waals surface area contributed by atoms with Gasteiger partial charge in [0, 0.05) is 22.7 Å². The third-order valence-electron chi connectivity index (χ3n) is 1.28. The maximum atomic E-state index is 8.00. The fourth-order valence-corrected chi connectivity index (χ4v) is 0.938. The first kappa shape index (κ1) is 9.58. The summed E-state index contributed by atoms with van der Waals surface area (Å²) in [5, 5.41) is 3.98. The highest BCUT2D eigenvalue weighted by Crippen LogP contribution is 2.08. The topological polar surface area (TPSA) is 61.7 Å². The van der Waals surface area contributed by atoms with Crippen LogP contribution in [0.15, 0.2) is 29.5 Å². The van der Waals surface area contributed by atoms with E-state index in [9.17, 15) is 0 Å². The summed E-state index contributed by atoms with van der Waals surface area (Å²) in [4.78, 5) is 6.64. The predicted octanol–water partition coefficient (Wildman–Crippen LogP) is 3.06. The lowest BCUT2D eigenvalue weighted by Gasteiger charge is -1.91. The van der Waals surface area contributed by atoms with Gasteiger partial charge in [0.05, 0.1) is 5.69 Å². The Balaban J connectivity index is 2.63. The minimum Gasteiger partial charge on any atom is -0.257 e. The van der Waals surface area contributed by atoms with E-state index in [1.165, 1.54) is 0 Å². The molecule has 0 atom stereocenters. The van der Waals surface area contributed by atoms with Gasteiger partial charge in [-0.15, -0.1) is 0 Å². The van der Waals surface area contributed by atoms with Crippen LogP contribution in [-0.4, -0.2) is 11.5 Å². The molecule has 66 valence electrons. The molecule has 0 aliphatic rings. The van der Waals surface area contributed by atoms with E-state index in [1.54, 1.807) is 30.5 Å². The van der Waals surface area contributed by atoms with Crippen molar-refractivity contribution in [3.8, 4) is 0 Å². The molecule has 1 heterocycles. The molecular formula is C8H7ClN4. The highest BCUT2D eigenvalue weighted by atomic mass is 35.5. The number of azide groups is 1. The highest BCUT2D eigenvalue weighted by molar-refractivity contribution is 6.30. The summed E-state index contributed by atoms with van der Waals surface area (Å²) >= 11 is 5.73. The molecule has 0 radical (unpaired) electrons. The van der Waals surface area contributed by atoms with Crippen LogP contribution in [0, 0.1) is 0 Å². The van der Waals surface area contributed by atoms with Crippen LogP contribution in [0.1, 0.15) is 5.69 Å². The van der Waals surface area contributed by atoms with Gasteiger partial charge in [-0.25, -0.2) is 0 Å². The molecule has 1 rings (SSSR count). The molecule has 13 heavy (non-hydrogen) atoms. The minimum atomic E-state index is 0.324. The SMILES string of the molecule is [N-]=[N+]=NCC=Cc1cc(Cl)ccn1. The zero-order valence-corrected chi connectivity index (χ0v) is 7.52. The van der Waals surface area contributed by atoms with Crippen molar-refractivity contribution < 1.29 is 0 Å². The Morgan fingerprint density at radius 2 is 2.54 bits per heavy atom. The maximum absolute atomic E-state index is 8.00. The molecule has 0 spiro atoms. The van der Waals surface area contributed by atoms with Crippen molar-refractivity contribution in [3.05, 3.63) is 45.6 Å². The summed E-state index contributed by atoms with van der Waals surface area (Å²) in [5.41, 5.74) is 8.75. The van der Waals surface area contributed by atoms with Gasteiger partial charge < -0.3 is 0 Å². The van der Waals surface area contributed by atoms with E-state index in [2.05, 4.69) is 15.0 Å². The molecule has 1 aromatic rings. The minimum absolute atomic E-state index is 0.324. The Morgan fingerprint density at radius 1 is 1.69 bits per heavy atom. The van der Waals surface area contributed by atoms with Crippen LogP contribution in [0.3, 0.4) is 0 Å². The second kappa shape index (κ2) is 5.19. The Morgan fingerprint density at radius 3 is 3.23 bits per heavy atom. The van der Waals surface area contributed by atoms with E-state index in [1.807, 2.05) is 0 Å². The summed E-state index contributed by atoms with van der Waals surface area (Å²) in [6, 6.07) is 3.43. The van der Waals surface area contributed by atoms with Crippen LogP contribution in [-0.2, 0) is 0 Å². The van der Waals surface area contributed by atoms with Crippen LogP contribution < -0.4 is 0 Å². The van der Waals surface area contributed by atoms with Gasteiger partial charge in [-0.1, -0.05) is 22.8 Å². The molecule has 0 aliphatic heterocycles. The molecule has 0 N–H and O–H groups in total. The fourth-order valence-electron chi connectivity index (χ4n) is 0.769. The molecule has 5 heteroatoms. The summed E-state index contributed by atoms with van der Waals surface area (Å²) in [5.74, 6) is 0. The zero-order valence-electron chi connectivity index (χ0n) is 6.76. The van der Waals surface area contributed by atoms with Crippen LogP contribution in [0.5, 0.6) is 0 Å². The van der Waals surface area contributed by atoms with Crippen molar-refractivity contribution in [2.24, 2.45) is 5.11 Å². The number of aromatic nitrogens is 1. The average Bonchev–Trinajstić information content (AvgIpc) is 2.13. The number of rotatable bonds is 3. The van der Waals surface area contributed by atoms with E-state index in [-0.39, 0.29) is 0 Å². The number of hydrogen-bond donors (Lipinski definition) is 0. The van der Waals surface area contributed by atoms with Gasteiger partial charge in [-0.05, 0) is 23.7 Å². The van der Waals surface area contributed by atoms with Crippen molar-refractivity contribution in [3.63, 3.8) is 0 Å². The molecule has 0 unspecified atom stereocenters. The summed E-state index contributed by atoms with van der Waals surface area (Å²) < 4.78 is 0.